The Morgan fingerprint density at radius 2 is 1.79 bits per heavy atom. The summed E-state index contributed by atoms with van der Waals surface area (Å²) >= 11 is 0. The topological polar surface area (TPSA) is 69.6 Å². The van der Waals surface area contributed by atoms with Crippen LogP contribution in [0.3, 0.4) is 0 Å². The van der Waals surface area contributed by atoms with E-state index in [4.69, 9.17) is 10.2 Å². The van der Waals surface area contributed by atoms with Crippen LogP contribution >= 0.6 is 0 Å². The summed E-state index contributed by atoms with van der Waals surface area (Å²) < 4.78 is 0. The molecule has 1 aromatic rings. The fourth-order valence-corrected chi connectivity index (χ4v) is 1.04. The molecular formula is C10H13NO3. The summed E-state index contributed by atoms with van der Waals surface area (Å²) in [5.41, 5.74) is 1.36. The van der Waals surface area contributed by atoms with Gasteiger partial charge in [-0.3, -0.25) is 4.79 Å². The highest BCUT2D eigenvalue weighted by atomic mass is 16.3. The fraction of sp³-hybridized carbons (Fsp3) is 0.300. The largest absolute Gasteiger partial charge is 0.394 e. The second-order valence-electron chi connectivity index (χ2n) is 2.95. The number of benzene rings is 1. The van der Waals surface area contributed by atoms with Gasteiger partial charge in [-0.15, -0.1) is 0 Å². The lowest BCUT2D eigenvalue weighted by atomic mass is 10.2. The lowest BCUT2D eigenvalue weighted by Crippen LogP contribution is -2.27. The van der Waals surface area contributed by atoms with E-state index < -0.39 is 0 Å². The predicted molar refractivity (Wildman–Crippen MR) is 53.4 cm³/mol. The first-order valence-electron chi connectivity index (χ1n) is 4.33. The average molecular weight is 195 g/mol. The number of nitrogens with one attached hydrogen (secondary N) is 1. The van der Waals surface area contributed by atoms with E-state index in [0.717, 1.165) is 12.0 Å². The van der Waals surface area contributed by atoms with Crippen molar-refractivity contribution in [1.82, 2.24) is 0 Å². The number of hydrogen-bond donors (Lipinski definition) is 3. The Bertz CT molecular complexity index is 280. The van der Waals surface area contributed by atoms with Crippen molar-refractivity contribution in [2.45, 2.75) is 6.04 Å². The third-order valence-electron chi connectivity index (χ3n) is 1.86. The first-order chi connectivity index (χ1) is 6.80. The number of aliphatic hydroxyl groups is 2. The third kappa shape index (κ3) is 2.83. The zero-order chi connectivity index (χ0) is 10.4. The van der Waals surface area contributed by atoms with E-state index in [1.54, 1.807) is 24.3 Å². The van der Waals surface area contributed by atoms with Gasteiger partial charge >= 0.3 is 0 Å². The maximum atomic E-state index is 10.4. The Morgan fingerprint density at radius 1 is 1.21 bits per heavy atom. The van der Waals surface area contributed by atoms with Gasteiger partial charge < -0.3 is 15.5 Å². The van der Waals surface area contributed by atoms with Crippen LogP contribution in [0.25, 0.3) is 0 Å². The highest BCUT2D eigenvalue weighted by molar-refractivity contribution is 5.75. The van der Waals surface area contributed by atoms with Gasteiger partial charge in [0.2, 0.25) is 0 Å². The van der Waals surface area contributed by atoms with Crippen molar-refractivity contribution < 1.29 is 15.0 Å². The lowest BCUT2D eigenvalue weighted by Gasteiger charge is -2.14. The normalized spacial score (nSPS) is 10.2. The van der Waals surface area contributed by atoms with E-state index in [9.17, 15) is 4.79 Å². The van der Waals surface area contributed by atoms with Gasteiger partial charge in [0, 0.05) is 11.3 Å². The maximum absolute atomic E-state index is 10.4. The van der Waals surface area contributed by atoms with Crippen LogP contribution in [-0.4, -0.2) is 35.8 Å². The molecule has 0 radical (unpaired) electrons. The summed E-state index contributed by atoms with van der Waals surface area (Å²) in [5.74, 6) is 0. The zero-order valence-electron chi connectivity index (χ0n) is 7.68. The molecule has 3 N–H and O–H groups in total. The minimum absolute atomic E-state index is 0.133. The number of aldehydes is 1. The lowest BCUT2D eigenvalue weighted by molar-refractivity contribution is 0.112. The summed E-state index contributed by atoms with van der Waals surface area (Å²) in [7, 11) is 0. The minimum atomic E-state index is -0.364. The number of carbonyl (C=O) groups excluding carboxylic acids is 1. The summed E-state index contributed by atoms with van der Waals surface area (Å²) in [6.07, 6.45) is 0.763. The SMILES string of the molecule is O=Cc1ccc(NC(CO)CO)cc1. The second kappa shape index (κ2) is 5.36. The molecule has 4 nitrogen and oxygen atoms in total. The molecule has 0 amide bonds. The van der Waals surface area contributed by atoms with Crippen molar-refractivity contribution in [3.8, 4) is 0 Å². The Morgan fingerprint density at radius 3 is 2.21 bits per heavy atom. The van der Waals surface area contributed by atoms with Gasteiger partial charge in [-0.1, -0.05) is 0 Å². The van der Waals surface area contributed by atoms with Crippen LogP contribution < -0.4 is 5.32 Å². The molecule has 0 heterocycles. The first kappa shape index (κ1) is 10.7. The first-order valence-corrected chi connectivity index (χ1v) is 4.33. The molecular weight excluding hydrogens is 182 g/mol. The molecule has 1 rings (SSSR count). The highest BCUT2D eigenvalue weighted by Crippen LogP contribution is 2.09. The molecule has 0 bridgehead atoms. The van der Waals surface area contributed by atoms with Crippen LogP contribution in [0.5, 0.6) is 0 Å². The van der Waals surface area contributed by atoms with Crippen LogP contribution in [0, 0.1) is 0 Å². The Kier molecular flexibility index (Phi) is 4.10. The van der Waals surface area contributed by atoms with Crippen LogP contribution in [0.2, 0.25) is 0 Å². The van der Waals surface area contributed by atoms with Crippen molar-refractivity contribution >= 4 is 12.0 Å². The van der Waals surface area contributed by atoms with Gasteiger partial charge in [-0.05, 0) is 24.3 Å². The molecule has 1 aromatic carbocycles. The molecule has 4 heteroatoms. The molecule has 0 aromatic heterocycles. The van der Waals surface area contributed by atoms with Gasteiger partial charge in [0.1, 0.15) is 6.29 Å². The van der Waals surface area contributed by atoms with Crippen molar-refractivity contribution in [1.29, 1.82) is 0 Å². The van der Waals surface area contributed by atoms with E-state index in [0.29, 0.717) is 5.56 Å². The van der Waals surface area contributed by atoms with Crippen molar-refractivity contribution in [2.24, 2.45) is 0 Å². The van der Waals surface area contributed by atoms with Gasteiger partial charge in [0.05, 0.1) is 19.3 Å². The number of hydrogen-bond acceptors (Lipinski definition) is 4. The highest BCUT2D eigenvalue weighted by Gasteiger charge is 2.04. The number of aliphatic hydroxyl groups excluding tert-OH is 2. The van der Waals surface area contributed by atoms with Crippen LogP contribution in [0.1, 0.15) is 10.4 Å². The molecule has 0 fully saturated rings. The molecule has 0 aliphatic heterocycles. The molecule has 0 aliphatic rings. The van der Waals surface area contributed by atoms with Crippen LogP contribution in [0.4, 0.5) is 5.69 Å². The standard InChI is InChI=1S/C10H13NO3/c12-5-8-1-3-9(4-2-8)11-10(6-13)7-14/h1-5,10-11,13-14H,6-7H2. The van der Waals surface area contributed by atoms with Crippen molar-refractivity contribution in [2.75, 3.05) is 18.5 Å². The third-order valence-corrected chi connectivity index (χ3v) is 1.86. The monoisotopic (exact) mass is 195 g/mol. The van der Waals surface area contributed by atoms with E-state index in [1.165, 1.54) is 0 Å². The van der Waals surface area contributed by atoms with Crippen molar-refractivity contribution in [3.05, 3.63) is 29.8 Å². The van der Waals surface area contributed by atoms with Crippen molar-refractivity contribution in [3.63, 3.8) is 0 Å². The van der Waals surface area contributed by atoms with Crippen LogP contribution in [0.15, 0.2) is 24.3 Å². The van der Waals surface area contributed by atoms with E-state index in [1.807, 2.05) is 0 Å². The molecule has 0 spiro atoms. The smallest absolute Gasteiger partial charge is 0.150 e. The second-order valence-corrected chi connectivity index (χ2v) is 2.95. The Labute approximate surface area is 82.2 Å². The van der Waals surface area contributed by atoms with E-state index in [-0.39, 0.29) is 19.3 Å². The quantitative estimate of drug-likeness (QED) is 0.590. The number of carbonyl (C=O) groups is 1. The van der Waals surface area contributed by atoms with Gasteiger partial charge in [0.25, 0.3) is 0 Å². The fourth-order valence-electron chi connectivity index (χ4n) is 1.04. The average Bonchev–Trinajstić information content (AvgIpc) is 2.26. The molecule has 76 valence electrons. The summed E-state index contributed by atoms with van der Waals surface area (Å²) in [4.78, 5) is 10.4. The molecule has 0 unspecified atom stereocenters. The molecule has 14 heavy (non-hydrogen) atoms. The molecule has 0 saturated heterocycles. The maximum Gasteiger partial charge on any atom is 0.150 e. The van der Waals surface area contributed by atoms with E-state index in [2.05, 4.69) is 5.32 Å². The molecule has 0 aliphatic carbocycles. The van der Waals surface area contributed by atoms with Gasteiger partial charge in [-0.2, -0.15) is 0 Å². The van der Waals surface area contributed by atoms with Gasteiger partial charge in [0.15, 0.2) is 0 Å². The molecule has 0 saturated carbocycles. The van der Waals surface area contributed by atoms with E-state index >= 15 is 0 Å². The van der Waals surface area contributed by atoms with Gasteiger partial charge in [-0.25, -0.2) is 0 Å². The summed E-state index contributed by atoms with van der Waals surface area (Å²) in [6, 6.07) is 6.42. The number of anilines is 1. The Hall–Kier alpha value is -1.39. The zero-order valence-corrected chi connectivity index (χ0v) is 7.68. The Balaban J connectivity index is 2.63. The summed E-state index contributed by atoms with van der Waals surface area (Å²) in [5, 5.41) is 20.5. The predicted octanol–water partition coefficient (Wildman–Crippen LogP) is 0.264. The summed E-state index contributed by atoms with van der Waals surface area (Å²) in [6.45, 7) is -0.266. The van der Waals surface area contributed by atoms with Crippen LogP contribution in [-0.2, 0) is 0 Å². The molecule has 0 atom stereocenters. The minimum Gasteiger partial charge on any atom is -0.394 e. The number of rotatable bonds is 5.